The van der Waals surface area contributed by atoms with Gasteiger partial charge in [-0.05, 0) is 41.5 Å². The molecule has 0 aliphatic heterocycles. The molecule has 2 aromatic carbocycles. The fraction of sp³-hybridized carbons (Fsp3) is 0.400. The molecule has 0 fully saturated rings. The molecule has 0 saturated heterocycles. The van der Waals surface area contributed by atoms with E-state index < -0.39 is 25.1 Å². The van der Waals surface area contributed by atoms with Crippen LogP contribution in [0.2, 0.25) is 0 Å². The maximum atomic E-state index is 12.6. The van der Waals surface area contributed by atoms with Gasteiger partial charge in [-0.25, -0.2) is 13.6 Å². The Labute approximate surface area is 156 Å². The van der Waals surface area contributed by atoms with Crippen LogP contribution >= 0.6 is 0 Å². The zero-order chi connectivity index (χ0) is 20.0. The lowest BCUT2D eigenvalue weighted by atomic mass is 10.1. The molecule has 1 atom stereocenters. The summed E-state index contributed by atoms with van der Waals surface area (Å²) in [6, 6.07) is 10.2. The number of halogens is 2. The second kappa shape index (κ2) is 8.79. The van der Waals surface area contributed by atoms with Crippen molar-refractivity contribution in [3.8, 4) is 11.5 Å². The van der Waals surface area contributed by atoms with Crippen molar-refractivity contribution in [2.24, 2.45) is 5.92 Å². The molecule has 2 aromatic rings. The van der Waals surface area contributed by atoms with Crippen LogP contribution in [0.1, 0.15) is 27.2 Å². The molecule has 0 aromatic heterocycles. The summed E-state index contributed by atoms with van der Waals surface area (Å²) in [6.07, 6.45) is 0.700. The van der Waals surface area contributed by atoms with Crippen molar-refractivity contribution in [3.63, 3.8) is 0 Å². The van der Waals surface area contributed by atoms with Gasteiger partial charge in [0.1, 0.15) is 11.5 Å². The van der Waals surface area contributed by atoms with Gasteiger partial charge in [-0.2, -0.15) is 0 Å². The van der Waals surface area contributed by atoms with Crippen molar-refractivity contribution in [2.45, 2.75) is 33.1 Å². The Morgan fingerprint density at radius 1 is 1.07 bits per heavy atom. The zero-order valence-corrected chi connectivity index (χ0v) is 15.5. The van der Waals surface area contributed by atoms with E-state index in [4.69, 9.17) is 9.47 Å². The highest BCUT2D eigenvalue weighted by molar-refractivity contribution is 5.86. The maximum Gasteiger partial charge on any atom is 0.344 e. The summed E-state index contributed by atoms with van der Waals surface area (Å²) in [5, 5.41) is 1.63. The number of carbonyl (C=O) groups is 2. The number of carbonyl (C=O) groups excluding carboxylic acids is 2. The van der Waals surface area contributed by atoms with E-state index in [0.717, 1.165) is 10.8 Å². The van der Waals surface area contributed by atoms with Crippen molar-refractivity contribution < 1.29 is 32.6 Å². The van der Waals surface area contributed by atoms with Gasteiger partial charge in [-0.15, -0.1) is 0 Å². The SMILES string of the molecule is CCC(C)C(=O)Oc1ccc2cc(OCC(=O)OCC(C)(F)F)ccc2c1. The van der Waals surface area contributed by atoms with E-state index >= 15 is 0 Å². The average molecular weight is 380 g/mol. The Balaban J connectivity index is 1.98. The average Bonchev–Trinajstić information content (AvgIpc) is 2.63. The molecule has 0 saturated carbocycles. The number of hydrogen-bond donors (Lipinski definition) is 0. The monoisotopic (exact) mass is 380 g/mol. The van der Waals surface area contributed by atoms with Gasteiger partial charge in [0, 0.05) is 6.92 Å². The smallest absolute Gasteiger partial charge is 0.344 e. The van der Waals surface area contributed by atoms with Gasteiger partial charge in [0.15, 0.2) is 13.2 Å². The molecule has 5 nitrogen and oxygen atoms in total. The lowest BCUT2D eigenvalue weighted by Gasteiger charge is -2.12. The Bertz CT molecular complexity index is 814. The minimum absolute atomic E-state index is 0.177. The van der Waals surface area contributed by atoms with E-state index in [-0.39, 0.29) is 11.9 Å². The fourth-order valence-corrected chi connectivity index (χ4v) is 2.13. The first-order valence-electron chi connectivity index (χ1n) is 8.59. The van der Waals surface area contributed by atoms with Crippen molar-refractivity contribution >= 4 is 22.7 Å². The van der Waals surface area contributed by atoms with E-state index in [1.165, 1.54) is 0 Å². The highest BCUT2D eigenvalue weighted by Crippen LogP contribution is 2.25. The summed E-state index contributed by atoms with van der Waals surface area (Å²) in [5.74, 6) is -3.56. The van der Waals surface area contributed by atoms with E-state index in [0.29, 0.717) is 24.8 Å². The second-order valence-electron chi connectivity index (χ2n) is 6.42. The van der Waals surface area contributed by atoms with Crippen molar-refractivity contribution in [2.75, 3.05) is 13.2 Å². The van der Waals surface area contributed by atoms with Crippen LogP contribution in [0.5, 0.6) is 11.5 Å². The molecule has 2 rings (SSSR count). The Hall–Kier alpha value is -2.70. The Morgan fingerprint density at radius 3 is 2.26 bits per heavy atom. The highest BCUT2D eigenvalue weighted by atomic mass is 19.3. The molecule has 0 aliphatic rings. The quantitative estimate of drug-likeness (QED) is 0.503. The van der Waals surface area contributed by atoms with Crippen LogP contribution in [-0.2, 0) is 14.3 Å². The van der Waals surface area contributed by atoms with Gasteiger partial charge < -0.3 is 14.2 Å². The predicted molar refractivity (Wildman–Crippen MR) is 96.1 cm³/mol. The standard InChI is InChI=1S/C20H22F2O5/c1-4-13(2)19(24)27-17-8-6-14-9-16(7-5-15(14)10-17)25-11-18(23)26-12-20(3,21)22/h5-10,13H,4,11-12H2,1-3H3. The third-order valence-electron chi connectivity index (χ3n) is 3.86. The molecule has 0 bridgehead atoms. The molecular formula is C20H22F2O5. The normalized spacial score (nSPS) is 12.5. The van der Waals surface area contributed by atoms with Crippen LogP contribution < -0.4 is 9.47 Å². The number of rotatable bonds is 8. The summed E-state index contributed by atoms with van der Waals surface area (Å²) in [5.41, 5.74) is 0. The maximum absolute atomic E-state index is 12.6. The number of benzene rings is 2. The van der Waals surface area contributed by atoms with Gasteiger partial charge >= 0.3 is 11.9 Å². The van der Waals surface area contributed by atoms with Gasteiger partial charge in [0.25, 0.3) is 5.92 Å². The van der Waals surface area contributed by atoms with E-state index in [1.807, 2.05) is 6.92 Å². The predicted octanol–water partition coefficient (Wildman–Crippen LogP) is 4.37. The van der Waals surface area contributed by atoms with Crippen LogP contribution in [0.4, 0.5) is 8.78 Å². The molecule has 7 heteroatoms. The highest BCUT2D eigenvalue weighted by Gasteiger charge is 2.23. The minimum Gasteiger partial charge on any atom is -0.482 e. The largest absolute Gasteiger partial charge is 0.482 e. The molecule has 146 valence electrons. The minimum atomic E-state index is -3.07. The molecular weight excluding hydrogens is 358 g/mol. The number of hydrogen-bond acceptors (Lipinski definition) is 5. The summed E-state index contributed by atoms with van der Waals surface area (Å²) in [4.78, 5) is 23.3. The number of esters is 2. The van der Waals surface area contributed by atoms with Gasteiger partial charge in [-0.3, -0.25) is 4.79 Å². The molecule has 27 heavy (non-hydrogen) atoms. The summed E-state index contributed by atoms with van der Waals surface area (Å²) < 4.78 is 40.4. The lowest BCUT2D eigenvalue weighted by molar-refractivity contribution is -0.155. The Morgan fingerprint density at radius 2 is 1.67 bits per heavy atom. The third kappa shape index (κ3) is 6.51. The lowest BCUT2D eigenvalue weighted by Crippen LogP contribution is -2.24. The zero-order valence-electron chi connectivity index (χ0n) is 15.5. The van der Waals surface area contributed by atoms with Crippen LogP contribution in [0.15, 0.2) is 36.4 Å². The van der Waals surface area contributed by atoms with Crippen molar-refractivity contribution in [3.05, 3.63) is 36.4 Å². The molecule has 0 N–H and O–H groups in total. The molecule has 0 heterocycles. The first-order valence-corrected chi connectivity index (χ1v) is 8.59. The first-order chi connectivity index (χ1) is 12.7. The van der Waals surface area contributed by atoms with Crippen molar-refractivity contribution in [1.82, 2.24) is 0 Å². The third-order valence-corrected chi connectivity index (χ3v) is 3.86. The first kappa shape index (κ1) is 20.6. The molecule has 1 unspecified atom stereocenters. The summed E-state index contributed by atoms with van der Waals surface area (Å²) in [6.45, 7) is 2.94. The molecule has 0 radical (unpaired) electrons. The van der Waals surface area contributed by atoms with E-state index in [1.54, 1.807) is 43.3 Å². The fourth-order valence-electron chi connectivity index (χ4n) is 2.13. The second-order valence-corrected chi connectivity index (χ2v) is 6.42. The number of alkyl halides is 2. The van der Waals surface area contributed by atoms with Crippen LogP contribution in [-0.4, -0.2) is 31.1 Å². The van der Waals surface area contributed by atoms with Gasteiger partial charge in [-0.1, -0.05) is 26.0 Å². The van der Waals surface area contributed by atoms with E-state index in [9.17, 15) is 18.4 Å². The molecule has 0 spiro atoms. The number of fused-ring (bicyclic) bond motifs is 1. The topological polar surface area (TPSA) is 61.8 Å². The van der Waals surface area contributed by atoms with Crippen molar-refractivity contribution in [1.29, 1.82) is 0 Å². The summed E-state index contributed by atoms with van der Waals surface area (Å²) >= 11 is 0. The molecule has 0 aliphatic carbocycles. The van der Waals surface area contributed by atoms with Crippen LogP contribution in [0.25, 0.3) is 10.8 Å². The molecule has 0 amide bonds. The number of ether oxygens (including phenoxy) is 3. The van der Waals surface area contributed by atoms with Crippen LogP contribution in [0, 0.1) is 5.92 Å². The van der Waals surface area contributed by atoms with Gasteiger partial charge in [0.05, 0.1) is 5.92 Å². The van der Waals surface area contributed by atoms with Crippen LogP contribution in [0.3, 0.4) is 0 Å². The summed E-state index contributed by atoms with van der Waals surface area (Å²) in [7, 11) is 0. The van der Waals surface area contributed by atoms with Gasteiger partial charge in [0.2, 0.25) is 0 Å². The van der Waals surface area contributed by atoms with E-state index in [2.05, 4.69) is 4.74 Å². The Kier molecular flexibility index (Phi) is 6.71.